The van der Waals surface area contributed by atoms with E-state index < -0.39 is 12.0 Å². The normalized spacial score (nSPS) is 14.4. The predicted octanol–water partition coefficient (Wildman–Crippen LogP) is 4.57. The van der Waals surface area contributed by atoms with Gasteiger partial charge in [0.15, 0.2) is 10.4 Å². The average Bonchev–Trinajstić information content (AvgIpc) is 3.38. The van der Waals surface area contributed by atoms with Gasteiger partial charge in [-0.05, 0) is 55.7 Å². The Labute approximate surface area is 147 Å². The number of rotatable bonds is 3. The summed E-state index contributed by atoms with van der Waals surface area (Å²) in [7, 11) is 0. The highest BCUT2D eigenvalue weighted by Crippen LogP contribution is 2.41. The van der Waals surface area contributed by atoms with E-state index in [1.807, 2.05) is 31.2 Å². The fraction of sp³-hybridized carbons (Fsp3) is 0.278. The van der Waals surface area contributed by atoms with E-state index in [2.05, 4.69) is 9.97 Å². The maximum absolute atomic E-state index is 13.6. The molecular formula is C18H15F2N3OS. The number of nitrogens with zero attached hydrogens (tertiary/aromatic N) is 2. The van der Waals surface area contributed by atoms with E-state index in [0.29, 0.717) is 11.4 Å². The summed E-state index contributed by atoms with van der Waals surface area (Å²) < 4.78 is 29.0. The molecule has 3 aromatic rings. The zero-order valence-electron chi connectivity index (χ0n) is 13.4. The summed E-state index contributed by atoms with van der Waals surface area (Å²) in [5.74, 6) is 0.181. The molecule has 0 spiro atoms. The first-order valence-electron chi connectivity index (χ1n) is 8.01. The third kappa shape index (κ3) is 2.78. The van der Waals surface area contributed by atoms with Crippen LogP contribution >= 0.6 is 12.2 Å². The Balaban J connectivity index is 2.15. The number of hydrogen-bond donors (Lipinski definition) is 1. The molecule has 128 valence electrons. The van der Waals surface area contributed by atoms with Crippen LogP contribution in [-0.4, -0.2) is 14.5 Å². The second-order valence-corrected chi connectivity index (χ2v) is 6.73. The molecule has 1 fully saturated rings. The number of H-pyrrole nitrogens is 1. The van der Waals surface area contributed by atoms with Crippen molar-refractivity contribution in [3.63, 3.8) is 0 Å². The van der Waals surface area contributed by atoms with Gasteiger partial charge in [0.1, 0.15) is 0 Å². The van der Waals surface area contributed by atoms with Crippen molar-refractivity contribution in [1.29, 1.82) is 0 Å². The minimum absolute atomic E-state index is 0.102. The van der Waals surface area contributed by atoms with Gasteiger partial charge in [-0.1, -0.05) is 12.1 Å². The van der Waals surface area contributed by atoms with Crippen LogP contribution in [0.15, 0.2) is 35.1 Å². The lowest BCUT2D eigenvalue weighted by atomic mass is 10.1. The molecule has 0 amide bonds. The largest absolute Gasteiger partial charge is 0.298 e. The maximum Gasteiger partial charge on any atom is 0.264 e. The fourth-order valence-electron chi connectivity index (χ4n) is 3.04. The average molecular weight is 359 g/mol. The molecule has 25 heavy (non-hydrogen) atoms. The number of benzene rings is 1. The van der Waals surface area contributed by atoms with Crippen LogP contribution in [0.1, 0.15) is 42.0 Å². The van der Waals surface area contributed by atoms with Gasteiger partial charge in [0.25, 0.3) is 12.0 Å². The van der Waals surface area contributed by atoms with Crippen molar-refractivity contribution >= 4 is 23.3 Å². The van der Waals surface area contributed by atoms with E-state index in [4.69, 9.17) is 12.2 Å². The first kappa shape index (κ1) is 16.1. The minimum atomic E-state index is -2.76. The lowest BCUT2D eigenvalue weighted by molar-refractivity contribution is 0.153. The van der Waals surface area contributed by atoms with Gasteiger partial charge in [-0.15, -0.1) is 0 Å². The van der Waals surface area contributed by atoms with Gasteiger partial charge < -0.3 is 0 Å². The van der Waals surface area contributed by atoms with Crippen LogP contribution in [0, 0.1) is 11.7 Å². The van der Waals surface area contributed by atoms with Gasteiger partial charge in [-0.25, -0.2) is 13.8 Å². The molecule has 1 N–H and O–H groups in total. The monoisotopic (exact) mass is 359 g/mol. The van der Waals surface area contributed by atoms with Gasteiger partial charge in [0, 0.05) is 17.2 Å². The molecule has 4 nitrogen and oxygen atoms in total. The van der Waals surface area contributed by atoms with Crippen LogP contribution in [0.25, 0.3) is 16.7 Å². The van der Waals surface area contributed by atoms with E-state index in [-0.39, 0.29) is 27.3 Å². The Morgan fingerprint density at radius 3 is 2.72 bits per heavy atom. The molecule has 7 heteroatoms. The summed E-state index contributed by atoms with van der Waals surface area (Å²) in [6.45, 7) is 1.93. The molecule has 0 bridgehead atoms. The SMILES string of the molecule is Cc1cccc(-n2c(=S)[nH]c(=O)c3c(C(F)F)cc(C4CC4)nc32)c1. The maximum atomic E-state index is 13.6. The van der Waals surface area contributed by atoms with Crippen molar-refractivity contribution in [2.75, 3.05) is 0 Å². The second-order valence-electron chi connectivity index (χ2n) is 6.34. The number of hydrogen-bond acceptors (Lipinski definition) is 3. The van der Waals surface area contributed by atoms with Gasteiger partial charge in [-0.3, -0.25) is 14.3 Å². The number of halogens is 2. The van der Waals surface area contributed by atoms with Crippen molar-refractivity contribution in [3.05, 3.63) is 62.3 Å². The van der Waals surface area contributed by atoms with E-state index in [1.165, 1.54) is 6.07 Å². The first-order chi connectivity index (χ1) is 12.0. The number of aromatic nitrogens is 3. The third-order valence-corrected chi connectivity index (χ3v) is 4.69. The van der Waals surface area contributed by atoms with Crippen LogP contribution in [-0.2, 0) is 0 Å². The standard InChI is InChI=1S/C18H15F2N3OS/c1-9-3-2-4-11(7-9)23-16-14(17(24)22-18(23)25)12(15(19)20)8-13(21-16)10-5-6-10/h2-4,7-8,10,15H,5-6H2,1H3,(H,22,24,25). The van der Waals surface area contributed by atoms with Crippen molar-refractivity contribution in [3.8, 4) is 5.69 Å². The van der Waals surface area contributed by atoms with Gasteiger partial charge >= 0.3 is 0 Å². The van der Waals surface area contributed by atoms with Crippen molar-refractivity contribution in [1.82, 2.24) is 14.5 Å². The number of alkyl halides is 2. The Morgan fingerprint density at radius 2 is 2.08 bits per heavy atom. The molecule has 0 aliphatic heterocycles. The van der Waals surface area contributed by atoms with Gasteiger partial charge in [0.2, 0.25) is 0 Å². The smallest absolute Gasteiger partial charge is 0.264 e. The Morgan fingerprint density at radius 1 is 1.32 bits per heavy atom. The van der Waals surface area contributed by atoms with Crippen LogP contribution < -0.4 is 5.56 Å². The molecule has 0 atom stereocenters. The lowest BCUT2D eigenvalue weighted by Crippen LogP contribution is -2.17. The fourth-order valence-corrected chi connectivity index (χ4v) is 3.33. The van der Waals surface area contributed by atoms with Crippen molar-refractivity contribution < 1.29 is 8.78 Å². The Bertz CT molecular complexity index is 1100. The minimum Gasteiger partial charge on any atom is -0.298 e. The van der Waals surface area contributed by atoms with E-state index >= 15 is 0 Å². The molecule has 0 saturated heterocycles. The summed E-state index contributed by atoms with van der Waals surface area (Å²) in [6, 6.07) is 8.83. The summed E-state index contributed by atoms with van der Waals surface area (Å²) >= 11 is 5.31. The van der Waals surface area contributed by atoms with E-state index in [1.54, 1.807) is 4.57 Å². The molecule has 2 aromatic heterocycles. The highest BCUT2D eigenvalue weighted by Gasteiger charge is 2.29. The highest BCUT2D eigenvalue weighted by molar-refractivity contribution is 7.71. The van der Waals surface area contributed by atoms with Gasteiger partial charge in [-0.2, -0.15) is 0 Å². The summed E-state index contributed by atoms with van der Waals surface area (Å²) in [5.41, 5.74) is 1.56. The number of aryl methyl sites for hydroxylation is 1. The molecule has 4 rings (SSSR count). The predicted molar refractivity (Wildman–Crippen MR) is 94.2 cm³/mol. The quantitative estimate of drug-likeness (QED) is 0.697. The zero-order chi connectivity index (χ0) is 17.7. The lowest BCUT2D eigenvalue weighted by Gasteiger charge is -2.14. The van der Waals surface area contributed by atoms with Crippen LogP contribution in [0.2, 0.25) is 0 Å². The third-order valence-electron chi connectivity index (χ3n) is 4.40. The summed E-state index contributed by atoms with van der Waals surface area (Å²) in [5, 5.41) is -0.102. The van der Waals surface area contributed by atoms with Crippen LogP contribution in [0.4, 0.5) is 8.78 Å². The number of pyridine rings is 1. The molecule has 1 aliphatic carbocycles. The molecule has 1 aromatic carbocycles. The Hall–Kier alpha value is -2.41. The first-order valence-corrected chi connectivity index (χ1v) is 8.41. The van der Waals surface area contributed by atoms with Crippen molar-refractivity contribution in [2.45, 2.75) is 32.1 Å². The Kier molecular flexibility index (Phi) is 3.76. The highest BCUT2D eigenvalue weighted by atomic mass is 32.1. The summed E-state index contributed by atoms with van der Waals surface area (Å²) in [4.78, 5) is 19.4. The molecule has 0 radical (unpaired) electrons. The molecule has 2 heterocycles. The molecule has 0 unspecified atom stereocenters. The summed E-state index contributed by atoms with van der Waals surface area (Å²) in [6.07, 6.45) is -0.906. The van der Waals surface area contributed by atoms with Crippen LogP contribution in [0.5, 0.6) is 0 Å². The van der Waals surface area contributed by atoms with Crippen LogP contribution in [0.3, 0.4) is 0 Å². The number of fused-ring (bicyclic) bond motifs is 1. The van der Waals surface area contributed by atoms with E-state index in [0.717, 1.165) is 18.4 Å². The van der Waals surface area contributed by atoms with Crippen molar-refractivity contribution in [2.24, 2.45) is 0 Å². The molecule has 1 aliphatic rings. The second kappa shape index (κ2) is 5.84. The number of aromatic amines is 1. The topological polar surface area (TPSA) is 50.7 Å². The zero-order valence-corrected chi connectivity index (χ0v) is 14.2. The van der Waals surface area contributed by atoms with Gasteiger partial charge in [0.05, 0.1) is 11.1 Å². The van der Waals surface area contributed by atoms with E-state index in [9.17, 15) is 13.6 Å². The number of nitrogens with one attached hydrogen (secondary N) is 1. The molecular weight excluding hydrogens is 344 g/mol. The molecule has 1 saturated carbocycles.